The molecule has 1 aliphatic heterocycles. The van der Waals surface area contributed by atoms with Crippen molar-refractivity contribution in [2.45, 2.75) is 13.5 Å². The maximum absolute atomic E-state index is 9.26. The van der Waals surface area contributed by atoms with Crippen LogP contribution in [0.1, 0.15) is 17.0 Å². The fourth-order valence-electron chi connectivity index (χ4n) is 3.15. The molecule has 132 valence electrons. The van der Waals surface area contributed by atoms with Gasteiger partial charge >= 0.3 is 0 Å². The largest absolute Gasteiger partial charge is 0.440 e. The normalized spacial score (nSPS) is 15.2. The minimum atomic E-state index is 0.633. The van der Waals surface area contributed by atoms with E-state index in [0.29, 0.717) is 11.5 Å². The number of aryl methyl sites for hydroxylation is 1. The third-order valence-electron chi connectivity index (χ3n) is 4.58. The number of nitrogens with zero attached hydrogens (tertiary/aromatic N) is 5. The fraction of sp³-hybridized carbons (Fsp3) is 0.316. The molecule has 0 spiro atoms. The average Bonchev–Trinajstić information content (AvgIpc) is 3.33. The van der Waals surface area contributed by atoms with Gasteiger partial charge in [-0.2, -0.15) is 5.26 Å². The molecule has 1 fully saturated rings. The summed E-state index contributed by atoms with van der Waals surface area (Å²) in [5.74, 6) is 2.37. The summed E-state index contributed by atoms with van der Waals surface area (Å²) in [6.45, 7) is 6.26. The first kappa shape index (κ1) is 16.8. The lowest BCUT2D eigenvalue weighted by molar-refractivity contribution is 0.245. The standard InChI is InChI=1S/C19H19N5OS/c1-14-16(22-19(25-14)17-5-3-11-26-17)13-23-7-9-24(10-8-23)18-15(12-20)4-2-6-21-18/h2-6,11H,7-10,13H2,1H3. The Labute approximate surface area is 156 Å². The molecule has 6 nitrogen and oxygen atoms in total. The third kappa shape index (κ3) is 3.34. The average molecular weight is 365 g/mol. The predicted molar refractivity (Wildman–Crippen MR) is 101 cm³/mol. The molecule has 0 amide bonds. The van der Waals surface area contributed by atoms with Crippen LogP contribution in [0.15, 0.2) is 40.3 Å². The van der Waals surface area contributed by atoms with Gasteiger partial charge in [0.25, 0.3) is 0 Å². The molecule has 4 rings (SSSR count). The SMILES string of the molecule is Cc1oc(-c2cccs2)nc1CN1CCN(c2ncccc2C#N)CC1. The molecule has 0 bridgehead atoms. The molecule has 0 aromatic carbocycles. The molecular formula is C19H19N5OS. The number of pyridine rings is 1. The molecule has 0 atom stereocenters. The summed E-state index contributed by atoms with van der Waals surface area (Å²) < 4.78 is 5.84. The highest BCUT2D eigenvalue weighted by Crippen LogP contribution is 2.27. The Kier molecular flexibility index (Phi) is 4.69. The maximum Gasteiger partial charge on any atom is 0.236 e. The van der Waals surface area contributed by atoms with Gasteiger partial charge in [0.15, 0.2) is 0 Å². The van der Waals surface area contributed by atoms with Crippen molar-refractivity contribution < 1.29 is 4.42 Å². The van der Waals surface area contributed by atoms with Crippen molar-refractivity contribution in [3.05, 3.63) is 52.9 Å². The van der Waals surface area contributed by atoms with Gasteiger partial charge in [-0.3, -0.25) is 4.90 Å². The number of hydrogen-bond donors (Lipinski definition) is 0. The van der Waals surface area contributed by atoms with Gasteiger partial charge in [0, 0.05) is 38.9 Å². The van der Waals surface area contributed by atoms with E-state index < -0.39 is 0 Å². The third-order valence-corrected chi connectivity index (χ3v) is 5.43. The summed E-state index contributed by atoms with van der Waals surface area (Å²) in [4.78, 5) is 14.7. The smallest absolute Gasteiger partial charge is 0.236 e. The number of oxazole rings is 1. The van der Waals surface area contributed by atoms with Crippen LogP contribution in [-0.4, -0.2) is 41.0 Å². The summed E-state index contributed by atoms with van der Waals surface area (Å²) in [6.07, 6.45) is 1.74. The molecule has 26 heavy (non-hydrogen) atoms. The van der Waals surface area contributed by atoms with E-state index in [4.69, 9.17) is 4.42 Å². The van der Waals surface area contributed by atoms with Crippen molar-refractivity contribution in [3.63, 3.8) is 0 Å². The van der Waals surface area contributed by atoms with Crippen molar-refractivity contribution in [2.75, 3.05) is 31.1 Å². The molecule has 7 heteroatoms. The zero-order valence-electron chi connectivity index (χ0n) is 14.6. The lowest BCUT2D eigenvalue weighted by Crippen LogP contribution is -2.46. The van der Waals surface area contributed by atoms with E-state index in [1.807, 2.05) is 30.5 Å². The van der Waals surface area contributed by atoms with E-state index in [9.17, 15) is 5.26 Å². The van der Waals surface area contributed by atoms with Gasteiger partial charge in [0.2, 0.25) is 5.89 Å². The minimum Gasteiger partial charge on any atom is -0.440 e. The van der Waals surface area contributed by atoms with Crippen molar-refractivity contribution in [1.82, 2.24) is 14.9 Å². The Hall–Kier alpha value is -2.69. The van der Waals surface area contributed by atoms with E-state index in [1.54, 1.807) is 23.6 Å². The Bertz CT molecular complexity index is 920. The molecule has 0 N–H and O–H groups in total. The summed E-state index contributed by atoms with van der Waals surface area (Å²) in [5.41, 5.74) is 1.63. The first-order chi connectivity index (χ1) is 12.7. The van der Waals surface area contributed by atoms with E-state index in [0.717, 1.165) is 54.9 Å². The van der Waals surface area contributed by atoms with Crippen LogP contribution in [-0.2, 0) is 6.54 Å². The van der Waals surface area contributed by atoms with Crippen LogP contribution < -0.4 is 4.90 Å². The minimum absolute atomic E-state index is 0.633. The highest BCUT2D eigenvalue weighted by molar-refractivity contribution is 7.13. The van der Waals surface area contributed by atoms with Gasteiger partial charge in [0.05, 0.1) is 16.1 Å². The van der Waals surface area contributed by atoms with E-state index >= 15 is 0 Å². The Morgan fingerprint density at radius 3 is 2.81 bits per heavy atom. The highest BCUT2D eigenvalue weighted by Gasteiger charge is 2.22. The van der Waals surface area contributed by atoms with Crippen molar-refractivity contribution in [2.24, 2.45) is 0 Å². The predicted octanol–water partition coefficient (Wildman–Crippen LogP) is 3.30. The van der Waals surface area contributed by atoms with Crippen molar-refractivity contribution in [1.29, 1.82) is 5.26 Å². The molecule has 0 saturated carbocycles. The van der Waals surface area contributed by atoms with Gasteiger partial charge in [-0.05, 0) is 30.5 Å². The number of aromatic nitrogens is 2. The topological polar surface area (TPSA) is 69.2 Å². The van der Waals surface area contributed by atoms with Crippen LogP contribution in [0.2, 0.25) is 0 Å². The molecule has 0 radical (unpaired) electrons. The van der Waals surface area contributed by atoms with Crippen LogP contribution in [0.3, 0.4) is 0 Å². The molecule has 0 unspecified atom stereocenters. The molecular weight excluding hydrogens is 346 g/mol. The second kappa shape index (κ2) is 7.28. The van der Waals surface area contributed by atoms with Crippen LogP contribution in [0.5, 0.6) is 0 Å². The zero-order valence-corrected chi connectivity index (χ0v) is 15.4. The number of rotatable bonds is 4. The van der Waals surface area contributed by atoms with Crippen LogP contribution in [0, 0.1) is 18.3 Å². The summed E-state index contributed by atoms with van der Waals surface area (Å²) in [5, 5.41) is 11.3. The van der Waals surface area contributed by atoms with Gasteiger partial charge in [-0.15, -0.1) is 11.3 Å². The van der Waals surface area contributed by atoms with Crippen molar-refractivity contribution in [3.8, 4) is 16.8 Å². The number of nitriles is 1. The molecule has 3 aromatic heterocycles. The van der Waals surface area contributed by atoms with Crippen LogP contribution in [0.4, 0.5) is 5.82 Å². The molecule has 1 aliphatic rings. The molecule has 0 aliphatic carbocycles. The maximum atomic E-state index is 9.26. The van der Waals surface area contributed by atoms with Crippen molar-refractivity contribution >= 4 is 17.2 Å². The second-order valence-electron chi connectivity index (χ2n) is 6.25. The highest BCUT2D eigenvalue weighted by atomic mass is 32.1. The van der Waals surface area contributed by atoms with Gasteiger partial charge < -0.3 is 9.32 Å². The van der Waals surface area contributed by atoms with E-state index in [-0.39, 0.29) is 0 Å². The first-order valence-electron chi connectivity index (χ1n) is 8.57. The van der Waals surface area contributed by atoms with Gasteiger partial charge in [-0.1, -0.05) is 6.07 Å². The van der Waals surface area contributed by atoms with Gasteiger partial charge in [-0.25, -0.2) is 9.97 Å². The van der Waals surface area contributed by atoms with Crippen LogP contribution in [0.25, 0.3) is 10.8 Å². The quantitative estimate of drug-likeness (QED) is 0.707. The number of anilines is 1. The Morgan fingerprint density at radius 2 is 2.08 bits per heavy atom. The molecule has 1 saturated heterocycles. The Balaban J connectivity index is 1.41. The molecule has 4 heterocycles. The van der Waals surface area contributed by atoms with Crippen LogP contribution >= 0.6 is 11.3 Å². The van der Waals surface area contributed by atoms with E-state index in [2.05, 4.69) is 25.8 Å². The second-order valence-corrected chi connectivity index (χ2v) is 7.20. The first-order valence-corrected chi connectivity index (χ1v) is 9.45. The summed E-state index contributed by atoms with van der Waals surface area (Å²) in [6, 6.07) is 9.88. The number of hydrogen-bond acceptors (Lipinski definition) is 7. The zero-order chi connectivity index (χ0) is 17.9. The number of thiophene rings is 1. The monoisotopic (exact) mass is 365 g/mol. The van der Waals surface area contributed by atoms with E-state index in [1.165, 1.54) is 0 Å². The summed E-state index contributed by atoms with van der Waals surface area (Å²) >= 11 is 1.64. The fourth-order valence-corrected chi connectivity index (χ4v) is 3.80. The lowest BCUT2D eigenvalue weighted by atomic mass is 10.2. The van der Waals surface area contributed by atoms with Gasteiger partial charge in [0.1, 0.15) is 17.6 Å². The summed E-state index contributed by atoms with van der Waals surface area (Å²) in [7, 11) is 0. The lowest BCUT2D eigenvalue weighted by Gasteiger charge is -2.35. The molecule has 3 aromatic rings. The number of piperazine rings is 1. The Morgan fingerprint density at radius 1 is 1.23 bits per heavy atom.